The number of thiazole rings is 1. The van der Waals surface area contributed by atoms with Crippen LogP contribution < -0.4 is 4.90 Å². The molecule has 1 saturated heterocycles. The number of methoxy groups -OCH3 is 1. The molecule has 0 saturated carbocycles. The molecule has 3 heterocycles. The molecule has 2 aromatic rings. The SMILES string of the molecule is COC(=O)CCC1CCCCN1c1nc2c(s1)c(C)nn2C. The maximum absolute atomic E-state index is 11.4. The molecule has 0 N–H and O–H groups in total. The van der Waals surface area contributed by atoms with Gasteiger partial charge in [-0.05, 0) is 32.6 Å². The van der Waals surface area contributed by atoms with Crippen LogP contribution in [-0.4, -0.2) is 40.4 Å². The number of aromatic nitrogens is 3. The van der Waals surface area contributed by atoms with Crippen molar-refractivity contribution in [2.45, 2.75) is 45.1 Å². The minimum absolute atomic E-state index is 0.130. The van der Waals surface area contributed by atoms with E-state index in [1.165, 1.54) is 20.0 Å². The number of rotatable bonds is 4. The van der Waals surface area contributed by atoms with Crippen molar-refractivity contribution in [3.05, 3.63) is 5.69 Å². The second-order valence-electron chi connectivity index (χ2n) is 5.82. The number of piperidine rings is 1. The summed E-state index contributed by atoms with van der Waals surface area (Å²) < 4.78 is 7.77. The topological polar surface area (TPSA) is 60.2 Å². The van der Waals surface area contributed by atoms with Gasteiger partial charge in [0.15, 0.2) is 10.8 Å². The molecule has 0 spiro atoms. The minimum atomic E-state index is -0.130. The van der Waals surface area contributed by atoms with Gasteiger partial charge in [0.25, 0.3) is 0 Å². The second-order valence-corrected chi connectivity index (χ2v) is 6.79. The van der Waals surface area contributed by atoms with Gasteiger partial charge in [0, 0.05) is 26.1 Å². The van der Waals surface area contributed by atoms with Gasteiger partial charge in [-0.25, -0.2) is 9.67 Å². The van der Waals surface area contributed by atoms with Gasteiger partial charge in [-0.1, -0.05) is 11.3 Å². The van der Waals surface area contributed by atoms with Gasteiger partial charge in [-0.15, -0.1) is 0 Å². The Morgan fingerprint density at radius 1 is 1.45 bits per heavy atom. The Bertz CT molecular complexity index is 644. The van der Waals surface area contributed by atoms with Crippen molar-refractivity contribution in [1.29, 1.82) is 0 Å². The van der Waals surface area contributed by atoms with Crippen LogP contribution in [0.4, 0.5) is 5.13 Å². The Morgan fingerprint density at radius 3 is 3.00 bits per heavy atom. The van der Waals surface area contributed by atoms with Crippen molar-refractivity contribution in [2.24, 2.45) is 7.05 Å². The van der Waals surface area contributed by atoms with Crippen LogP contribution in [0, 0.1) is 6.92 Å². The first-order valence-electron chi connectivity index (χ1n) is 7.73. The summed E-state index contributed by atoms with van der Waals surface area (Å²) in [4.78, 5) is 18.6. The number of esters is 1. The number of hydrogen-bond donors (Lipinski definition) is 0. The molecule has 0 radical (unpaired) electrons. The minimum Gasteiger partial charge on any atom is -0.469 e. The molecular weight excluding hydrogens is 300 g/mol. The third kappa shape index (κ3) is 2.82. The fraction of sp³-hybridized carbons (Fsp3) is 0.667. The van der Waals surface area contributed by atoms with E-state index >= 15 is 0 Å². The number of fused-ring (bicyclic) bond motifs is 1. The zero-order valence-corrected chi connectivity index (χ0v) is 14.2. The highest BCUT2D eigenvalue weighted by Gasteiger charge is 2.26. The predicted molar refractivity (Wildman–Crippen MR) is 87.4 cm³/mol. The molecule has 1 unspecified atom stereocenters. The first kappa shape index (κ1) is 15.3. The lowest BCUT2D eigenvalue weighted by atomic mass is 9.98. The number of carbonyl (C=O) groups is 1. The van der Waals surface area contributed by atoms with Crippen molar-refractivity contribution in [3.8, 4) is 0 Å². The average molecular weight is 322 g/mol. The van der Waals surface area contributed by atoms with Gasteiger partial charge < -0.3 is 9.64 Å². The van der Waals surface area contributed by atoms with E-state index in [9.17, 15) is 4.79 Å². The third-order valence-corrected chi connectivity index (χ3v) is 5.51. The largest absolute Gasteiger partial charge is 0.469 e. The number of nitrogens with zero attached hydrogens (tertiary/aromatic N) is 4. The number of carbonyl (C=O) groups excluding carboxylic acids is 1. The Balaban J connectivity index is 1.82. The molecule has 3 rings (SSSR count). The molecule has 1 aliphatic rings. The van der Waals surface area contributed by atoms with E-state index < -0.39 is 0 Å². The van der Waals surface area contributed by atoms with Gasteiger partial charge in [0.1, 0.15) is 0 Å². The first-order chi connectivity index (χ1) is 10.6. The lowest BCUT2D eigenvalue weighted by molar-refractivity contribution is -0.140. The van der Waals surface area contributed by atoms with Crippen LogP contribution in [0.3, 0.4) is 0 Å². The van der Waals surface area contributed by atoms with E-state index in [1.807, 2.05) is 18.7 Å². The summed E-state index contributed by atoms with van der Waals surface area (Å²) >= 11 is 1.71. The normalized spacial score (nSPS) is 18.9. The number of ether oxygens (including phenoxy) is 1. The Morgan fingerprint density at radius 2 is 2.27 bits per heavy atom. The van der Waals surface area contributed by atoms with Gasteiger partial charge in [-0.3, -0.25) is 4.79 Å². The van der Waals surface area contributed by atoms with Crippen LogP contribution in [0.5, 0.6) is 0 Å². The molecule has 0 bridgehead atoms. The third-order valence-electron chi connectivity index (χ3n) is 4.32. The highest BCUT2D eigenvalue weighted by molar-refractivity contribution is 7.22. The monoisotopic (exact) mass is 322 g/mol. The zero-order chi connectivity index (χ0) is 15.7. The van der Waals surface area contributed by atoms with E-state index in [0.29, 0.717) is 12.5 Å². The summed E-state index contributed by atoms with van der Waals surface area (Å²) in [6, 6.07) is 0.377. The van der Waals surface area contributed by atoms with Crippen molar-refractivity contribution < 1.29 is 9.53 Å². The Hall–Kier alpha value is -1.63. The second kappa shape index (κ2) is 6.24. The van der Waals surface area contributed by atoms with Crippen molar-refractivity contribution >= 4 is 32.8 Å². The maximum Gasteiger partial charge on any atom is 0.305 e. The summed E-state index contributed by atoms with van der Waals surface area (Å²) in [5.41, 5.74) is 1.99. The van der Waals surface area contributed by atoms with E-state index in [2.05, 4.69) is 10.00 Å². The highest BCUT2D eigenvalue weighted by atomic mass is 32.1. The zero-order valence-electron chi connectivity index (χ0n) is 13.3. The fourth-order valence-corrected chi connectivity index (χ4v) is 4.27. The average Bonchev–Trinajstić information content (AvgIpc) is 3.07. The standard InChI is InChI=1S/C15H22N4O2S/c1-10-13-14(18(2)17-10)16-15(22-13)19-9-5-4-6-11(19)7-8-12(20)21-3/h11H,4-9H2,1-3H3. The molecule has 0 aromatic carbocycles. The molecule has 22 heavy (non-hydrogen) atoms. The molecule has 120 valence electrons. The smallest absolute Gasteiger partial charge is 0.305 e. The van der Waals surface area contributed by atoms with Crippen LogP contribution in [-0.2, 0) is 16.6 Å². The molecular formula is C15H22N4O2S. The molecule has 7 heteroatoms. The fourth-order valence-electron chi connectivity index (χ4n) is 3.14. The van der Waals surface area contributed by atoms with Crippen LogP contribution in [0.2, 0.25) is 0 Å². The summed E-state index contributed by atoms with van der Waals surface area (Å²) in [5.74, 6) is -0.130. The summed E-state index contributed by atoms with van der Waals surface area (Å²) in [6.45, 7) is 3.04. The Kier molecular flexibility index (Phi) is 4.33. The Labute approximate surface area is 134 Å². The summed E-state index contributed by atoms with van der Waals surface area (Å²) in [6.07, 6.45) is 4.82. The molecule has 1 fully saturated rings. The highest BCUT2D eigenvalue weighted by Crippen LogP contribution is 2.35. The lowest BCUT2D eigenvalue weighted by Crippen LogP contribution is -2.39. The van der Waals surface area contributed by atoms with Crippen molar-refractivity contribution in [2.75, 3.05) is 18.6 Å². The van der Waals surface area contributed by atoms with E-state index in [4.69, 9.17) is 9.72 Å². The molecule has 0 amide bonds. The van der Waals surface area contributed by atoms with E-state index in [1.54, 1.807) is 11.3 Å². The van der Waals surface area contributed by atoms with Crippen molar-refractivity contribution in [3.63, 3.8) is 0 Å². The van der Waals surface area contributed by atoms with Crippen LogP contribution in [0.25, 0.3) is 10.3 Å². The predicted octanol–water partition coefficient (Wildman–Crippen LogP) is 2.65. The van der Waals surface area contributed by atoms with Gasteiger partial charge in [0.05, 0.1) is 17.5 Å². The van der Waals surface area contributed by atoms with Crippen LogP contribution >= 0.6 is 11.3 Å². The van der Waals surface area contributed by atoms with Gasteiger partial charge in [0.2, 0.25) is 0 Å². The summed E-state index contributed by atoms with van der Waals surface area (Å²) in [7, 11) is 3.38. The maximum atomic E-state index is 11.4. The molecule has 0 aliphatic carbocycles. The summed E-state index contributed by atoms with van der Waals surface area (Å²) in [5, 5.41) is 5.47. The van der Waals surface area contributed by atoms with Crippen LogP contribution in [0.1, 0.15) is 37.8 Å². The first-order valence-corrected chi connectivity index (χ1v) is 8.55. The quantitative estimate of drug-likeness (QED) is 0.810. The number of hydrogen-bond acceptors (Lipinski definition) is 6. The number of anilines is 1. The van der Waals surface area contributed by atoms with E-state index in [-0.39, 0.29) is 5.97 Å². The molecule has 1 aliphatic heterocycles. The number of aryl methyl sites for hydroxylation is 2. The molecule has 1 atom stereocenters. The van der Waals surface area contributed by atoms with E-state index in [0.717, 1.165) is 40.6 Å². The van der Waals surface area contributed by atoms with Gasteiger partial charge >= 0.3 is 5.97 Å². The lowest BCUT2D eigenvalue weighted by Gasteiger charge is -2.35. The van der Waals surface area contributed by atoms with Crippen LogP contribution in [0.15, 0.2) is 0 Å². The molecule has 2 aromatic heterocycles. The van der Waals surface area contributed by atoms with Gasteiger partial charge in [-0.2, -0.15) is 5.10 Å². The molecule has 6 nitrogen and oxygen atoms in total. The van der Waals surface area contributed by atoms with Crippen molar-refractivity contribution in [1.82, 2.24) is 14.8 Å².